The molecule has 2 aromatic heterocycles. The molecule has 7 nitrogen and oxygen atoms in total. The van der Waals surface area contributed by atoms with Crippen molar-refractivity contribution < 1.29 is 14.1 Å². The number of anilines is 1. The molecule has 0 unspecified atom stereocenters. The van der Waals surface area contributed by atoms with Crippen LogP contribution >= 0.6 is 11.6 Å². The molecule has 4 rings (SSSR count). The van der Waals surface area contributed by atoms with Crippen LogP contribution in [0.15, 0.2) is 70.0 Å². The van der Waals surface area contributed by atoms with E-state index in [2.05, 4.69) is 10.3 Å². The number of nitrogens with zero attached hydrogens (tertiary/aromatic N) is 2. The molecule has 0 spiro atoms. The highest BCUT2D eigenvalue weighted by Crippen LogP contribution is 2.18. The van der Waals surface area contributed by atoms with E-state index < -0.39 is 0 Å². The summed E-state index contributed by atoms with van der Waals surface area (Å²) >= 11 is 5.83. The number of carbonyl (C=O) groups is 1. The van der Waals surface area contributed by atoms with Gasteiger partial charge in [-0.25, -0.2) is 4.98 Å². The predicted molar refractivity (Wildman–Crippen MR) is 109 cm³/mol. The van der Waals surface area contributed by atoms with E-state index in [0.29, 0.717) is 39.1 Å². The number of nitrogens with one attached hydrogen (secondary N) is 1. The molecule has 0 aliphatic carbocycles. The molecular weight excluding hydrogens is 394 g/mol. The number of rotatable bonds is 5. The highest BCUT2D eigenvalue weighted by Gasteiger charge is 2.08. The number of fused-ring (bicyclic) bond motifs is 1. The SMILES string of the molecule is Cc1cc2nc(COc3ccc(NC(=O)c4ccc(Cl)cc4)cc3)cc(=O)n2o1. The molecule has 146 valence electrons. The van der Waals surface area contributed by atoms with Gasteiger partial charge in [-0.3, -0.25) is 9.59 Å². The molecule has 0 aliphatic rings. The van der Waals surface area contributed by atoms with Crippen LogP contribution in [0.4, 0.5) is 5.69 Å². The highest BCUT2D eigenvalue weighted by molar-refractivity contribution is 6.30. The van der Waals surface area contributed by atoms with Gasteiger partial charge in [0.1, 0.15) is 18.1 Å². The molecule has 1 amide bonds. The molecule has 4 aromatic rings. The molecule has 0 atom stereocenters. The Balaban J connectivity index is 1.40. The summed E-state index contributed by atoms with van der Waals surface area (Å²) in [5.74, 6) is 0.951. The molecule has 0 saturated heterocycles. The maximum absolute atomic E-state index is 12.2. The molecule has 0 fully saturated rings. The molecule has 0 aliphatic heterocycles. The average molecular weight is 410 g/mol. The van der Waals surface area contributed by atoms with E-state index in [1.165, 1.54) is 6.07 Å². The lowest BCUT2D eigenvalue weighted by molar-refractivity contribution is 0.102. The lowest BCUT2D eigenvalue weighted by Crippen LogP contribution is -2.14. The van der Waals surface area contributed by atoms with Crippen molar-refractivity contribution in [2.75, 3.05) is 5.32 Å². The lowest BCUT2D eigenvalue weighted by Gasteiger charge is -2.08. The Morgan fingerprint density at radius 3 is 2.59 bits per heavy atom. The maximum atomic E-state index is 12.2. The molecule has 1 N–H and O–H groups in total. The third-order valence-corrected chi connectivity index (χ3v) is 4.38. The van der Waals surface area contributed by atoms with Gasteiger partial charge in [0.25, 0.3) is 11.5 Å². The van der Waals surface area contributed by atoms with Crippen LogP contribution in [0.2, 0.25) is 5.02 Å². The summed E-state index contributed by atoms with van der Waals surface area (Å²) in [5, 5.41) is 3.38. The zero-order chi connectivity index (χ0) is 20.4. The first kappa shape index (κ1) is 18.8. The lowest BCUT2D eigenvalue weighted by atomic mass is 10.2. The first-order valence-corrected chi connectivity index (χ1v) is 9.15. The van der Waals surface area contributed by atoms with Gasteiger partial charge in [-0.1, -0.05) is 11.6 Å². The van der Waals surface area contributed by atoms with E-state index in [1.807, 2.05) is 0 Å². The third kappa shape index (κ3) is 4.30. The minimum absolute atomic E-state index is 0.131. The smallest absolute Gasteiger partial charge is 0.287 e. The van der Waals surface area contributed by atoms with Gasteiger partial charge in [-0.2, -0.15) is 0 Å². The Hall–Kier alpha value is -3.58. The molecule has 29 heavy (non-hydrogen) atoms. The van der Waals surface area contributed by atoms with Gasteiger partial charge in [0, 0.05) is 28.4 Å². The summed E-state index contributed by atoms with van der Waals surface area (Å²) in [6.45, 7) is 1.88. The Kier molecular flexibility index (Phi) is 5.05. The van der Waals surface area contributed by atoms with Crippen molar-refractivity contribution in [2.24, 2.45) is 0 Å². The van der Waals surface area contributed by atoms with Crippen molar-refractivity contribution in [1.82, 2.24) is 9.56 Å². The van der Waals surface area contributed by atoms with Gasteiger partial charge in [0.05, 0.1) is 5.69 Å². The van der Waals surface area contributed by atoms with Gasteiger partial charge < -0.3 is 14.6 Å². The van der Waals surface area contributed by atoms with Crippen molar-refractivity contribution in [2.45, 2.75) is 13.5 Å². The normalized spacial score (nSPS) is 10.8. The van der Waals surface area contributed by atoms with Crippen LogP contribution in [-0.4, -0.2) is 15.5 Å². The minimum atomic E-state index is -0.304. The highest BCUT2D eigenvalue weighted by atomic mass is 35.5. The van der Waals surface area contributed by atoms with Gasteiger partial charge in [0.15, 0.2) is 5.65 Å². The standard InChI is InChI=1S/C21H16ClN3O4/c1-13-10-19-23-17(11-20(26)25(19)29-13)12-28-18-8-6-16(7-9-18)24-21(27)14-2-4-15(22)5-3-14/h2-11H,12H2,1H3,(H,24,27). The molecule has 2 aromatic carbocycles. The van der Waals surface area contributed by atoms with Crippen molar-refractivity contribution in [3.63, 3.8) is 0 Å². The Morgan fingerprint density at radius 2 is 1.86 bits per heavy atom. The van der Waals surface area contributed by atoms with Crippen LogP contribution in [0.5, 0.6) is 5.75 Å². The van der Waals surface area contributed by atoms with E-state index in [4.69, 9.17) is 20.9 Å². The van der Waals surface area contributed by atoms with Crippen molar-refractivity contribution in [3.8, 4) is 5.75 Å². The quantitative estimate of drug-likeness (QED) is 0.536. The van der Waals surface area contributed by atoms with Crippen molar-refractivity contribution in [1.29, 1.82) is 0 Å². The maximum Gasteiger partial charge on any atom is 0.287 e. The van der Waals surface area contributed by atoms with E-state index in [9.17, 15) is 9.59 Å². The van der Waals surface area contributed by atoms with Crippen molar-refractivity contribution in [3.05, 3.63) is 93.1 Å². The number of benzene rings is 2. The summed E-state index contributed by atoms with van der Waals surface area (Å²) in [4.78, 5) is 28.6. The molecule has 2 heterocycles. The van der Waals surface area contributed by atoms with E-state index in [0.717, 1.165) is 4.57 Å². The second kappa shape index (κ2) is 7.81. The van der Waals surface area contributed by atoms with Gasteiger partial charge >= 0.3 is 0 Å². The minimum Gasteiger partial charge on any atom is -0.487 e. The summed E-state index contributed by atoms with van der Waals surface area (Å²) in [6.07, 6.45) is 0. The van der Waals surface area contributed by atoms with E-state index in [-0.39, 0.29) is 18.1 Å². The number of amides is 1. The summed E-state index contributed by atoms with van der Waals surface area (Å²) in [7, 11) is 0. The second-order valence-electron chi connectivity index (χ2n) is 6.36. The zero-order valence-corrected chi connectivity index (χ0v) is 16.1. The zero-order valence-electron chi connectivity index (χ0n) is 15.4. The van der Waals surface area contributed by atoms with Gasteiger partial charge in [-0.15, -0.1) is 4.57 Å². The number of carbonyl (C=O) groups excluding carboxylic acids is 1. The van der Waals surface area contributed by atoms with Crippen LogP contribution in [0.3, 0.4) is 0 Å². The van der Waals surface area contributed by atoms with Crippen LogP contribution in [0.25, 0.3) is 5.65 Å². The molecule has 8 heteroatoms. The summed E-state index contributed by atoms with van der Waals surface area (Å²) < 4.78 is 12.1. The molecule has 0 radical (unpaired) electrons. The van der Waals surface area contributed by atoms with E-state index >= 15 is 0 Å². The largest absolute Gasteiger partial charge is 0.487 e. The van der Waals surface area contributed by atoms with Crippen LogP contribution < -0.4 is 15.6 Å². The number of aryl methyl sites for hydroxylation is 1. The Bertz CT molecular complexity index is 1230. The summed E-state index contributed by atoms with van der Waals surface area (Å²) in [6, 6.07) is 16.6. The topological polar surface area (TPSA) is 85.8 Å². The predicted octanol–water partition coefficient (Wildman–Crippen LogP) is 4.08. The van der Waals surface area contributed by atoms with Gasteiger partial charge in [-0.05, 0) is 55.5 Å². The number of halogens is 1. The number of hydrogen-bond acceptors (Lipinski definition) is 5. The molecule has 0 saturated carbocycles. The van der Waals surface area contributed by atoms with Crippen LogP contribution in [-0.2, 0) is 6.61 Å². The second-order valence-corrected chi connectivity index (χ2v) is 6.80. The molecular formula is C21H16ClN3O4. The first-order chi connectivity index (χ1) is 14.0. The fourth-order valence-electron chi connectivity index (χ4n) is 2.74. The number of hydrogen-bond donors (Lipinski definition) is 1. The van der Waals surface area contributed by atoms with Crippen LogP contribution in [0.1, 0.15) is 21.8 Å². The first-order valence-electron chi connectivity index (χ1n) is 8.77. The van der Waals surface area contributed by atoms with Crippen LogP contribution in [0, 0.1) is 6.92 Å². The Labute approximate surface area is 170 Å². The fourth-order valence-corrected chi connectivity index (χ4v) is 2.87. The van der Waals surface area contributed by atoms with E-state index in [1.54, 1.807) is 61.5 Å². The number of ether oxygens (including phenoxy) is 1. The number of aromatic nitrogens is 2. The average Bonchev–Trinajstić information content (AvgIpc) is 3.09. The van der Waals surface area contributed by atoms with Gasteiger partial charge in [0.2, 0.25) is 0 Å². The molecule has 0 bridgehead atoms. The summed E-state index contributed by atoms with van der Waals surface area (Å²) in [5.41, 5.74) is 1.77. The fraction of sp³-hybridized carbons (Fsp3) is 0.0952. The Morgan fingerprint density at radius 1 is 1.14 bits per heavy atom. The third-order valence-electron chi connectivity index (χ3n) is 4.13. The van der Waals surface area contributed by atoms with Crippen molar-refractivity contribution >= 4 is 28.8 Å². The monoisotopic (exact) mass is 409 g/mol.